The topological polar surface area (TPSA) is 47.0 Å². The summed E-state index contributed by atoms with van der Waals surface area (Å²) >= 11 is 7.18. The largest absolute Gasteiger partial charge is 0.464 e. The second kappa shape index (κ2) is 5.46. The molecule has 0 saturated heterocycles. The average molecular weight is 306 g/mol. The molecule has 0 amide bonds. The molecular formula is C14H14N2O2S2. The van der Waals surface area contributed by atoms with Crippen molar-refractivity contribution in [2.24, 2.45) is 0 Å². The molecule has 0 aliphatic carbocycles. The number of methoxy groups -OCH3 is 1. The van der Waals surface area contributed by atoms with Gasteiger partial charge in [-0.15, -0.1) is 11.8 Å². The Balaban J connectivity index is 2.14. The van der Waals surface area contributed by atoms with Gasteiger partial charge in [-0.25, -0.2) is 4.79 Å². The summed E-state index contributed by atoms with van der Waals surface area (Å²) in [7, 11) is 1.38. The van der Waals surface area contributed by atoms with Crippen LogP contribution in [0.2, 0.25) is 0 Å². The molecule has 1 atom stereocenters. The second-order valence-electron chi connectivity index (χ2n) is 4.53. The highest BCUT2D eigenvalue weighted by Crippen LogP contribution is 2.38. The lowest BCUT2D eigenvalue weighted by molar-refractivity contribution is 0.0586. The quantitative estimate of drug-likeness (QED) is 0.682. The van der Waals surface area contributed by atoms with E-state index in [-0.39, 0.29) is 12.0 Å². The van der Waals surface area contributed by atoms with Gasteiger partial charge in [0.05, 0.1) is 13.2 Å². The van der Waals surface area contributed by atoms with E-state index < -0.39 is 0 Å². The van der Waals surface area contributed by atoms with Crippen molar-refractivity contribution in [3.63, 3.8) is 0 Å². The SMILES string of the molecule is COC(=O)c1c[nH]c(=S)n1C1CCSc2ccccc21. The van der Waals surface area contributed by atoms with Crippen molar-refractivity contribution >= 4 is 29.9 Å². The number of aromatic amines is 1. The first-order valence-electron chi connectivity index (χ1n) is 6.32. The zero-order chi connectivity index (χ0) is 14.1. The van der Waals surface area contributed by atoms with Crippen LogP contribution in [0.4, 0.5) is 0 Å². The van der Waals surface area contributed by atoms with Gasteiger partial charge in [0.25, 0.3) is 0 Å². The van der Waals surface area contributed by atoms with Crippen molar-refractivity contribution in [2.45, 2.75) is 17.4 Å². The fourth-order valence-electron chi connectivity index (χ4n) is 2.54. The van der Waals surface area contributed by atoms with Gasteiger partial charge in [-0.2, -0.15) is 0 Å². The number of imidazole rings is 1. The van der Waals surface area contributed by atoms with E-state index in [1.807, 2.05) is 28.5 Å². The van der Waals surface area contributed by atoms with Crippen LogP contribution in [0.15, 0.2) is 35.4 Å². The standard InChI is InChI=1S/C14H14N2O2S2/c1-18-13(17)11-8-15-14(19)16(11)10-6-7-20-12-5-3-2-4-9(10)12/h2-5,8,10H,6-7H2,1H3,(H,15,19). The van der Waals surface area contributed by atoms with Crippen molar-refractivity contribution in [3.8, 4) is 0 Å². The van der Waals surface area contributed by atoms with E-state index in [2.05, 4.69) is 17.1 Å². The molecule has 1 N–H and O–H groups in total. The van der Waals surface area contributed by atoms with E-state index in [1.54, 1.807) is 6.20 Å². The predicted molar refractivity (Wildman–Crippen MR) is 80.9 cm³/mol. The molecule has 4 nitrogen and oxygen atoms in total. The first-order chi connectivity index (χ1) is 9.72. The summed E-state index contributed by atoms with van der Waals surface area (Å²) in [5.41, 5.74) is 1.69. The molecule has 0 saturated carbocycles. The Hall–Kier alpha value is -1.53. The number of nitrogens with one attached hydrogen (secondary N) is 1. The molecule has 0 spiro atoms. The summed E-state index contributed by atoms with van der Waals surface area (Å²) in [5, 5.41) is 0. The van der Waals surface area contributed by atoms with Crippen LogP contribution in [-0.4, -0.2) is 28.4 Å². The zero-order valence-corrected chi connectivity index (χ0v) is 12.6. The molecular weight excluding hydrogens is 292 g/mol. The van der Waals surface area contributed by atoms with E-state index in [0.29, 0.717) is 10.5 Å². The number of thioether (sulfide) groups is 1. The molecule has 1 aromatic carbocycles. The van der Waals surface area contributed by atoms with Crippen LogP contribution in [-0.2, 0) is 4.74 Å². The molecule has 1 unspecified atom stereocenters. The molecule has 0 bridgehead atoms. The Bertz CT molecular complexity index is 705. The highest BCUT2D eigenvalue weighted by molar-refractivity contribution is 7.99. The number of ether oxygens (including phenoxy) is 1. The molecule has 1 aromatic heterocycles. The molecule has 1 aliphatic heterocycles. The molecule has 20 heavy (non-hydrogen) atoms. The summed E-state index contributed by atoms with van der Waals surface area (Å²) in [6, 6.07) is 8.35. The van der Waals surface area contributed by atoms with Crippen molar-refractivity contribution in [3.05, 3.63) is 46.5 Å². The minimum Gasteiger partial charge on any atom is -0.464 e. The molecule has 2 heterocycles. The number of nitrogens with zero attached hydrogens (tertiary/aromatic N) is 1. The summed E-state index contributed by atoms with van der Waals surface area (Å²) in [6.45, 7) is 0. The van der Waals surface area contributed by atoms with Crippen molar-refractivity contribution in [2.75, 3.05) is 12.9 Å². The normalized spacial score (nSPS) is 17.6. The molecule has 3 rings (SSSR count). The van der Waals surface area contributed by atoms with E-state index in [4.69, 9.17) is 17.0 Å². The van der Waals surface area contributed by atoms with Crippen LogP contribution in [0.1, 0.15) is 28.5 Å². The number of hydrogen-bond donors (Lipinski definition) is 1. The van der Waals surface area contributed by atoms with Gasteiger partial charge < -0.3 is 14.3 Å². The molecule has 6 heteroatoms. The highest BCUT2D eigenvalue weighted by atomic mass is 32.2. The summed E-state index contributed by atoms with van der Waals surface area (Å²) in [4.78, 5) is 16.1. The molecule has 104 valence electrons. The third-order valence-electron chi connectivity index (χ3n) is 3.44. The first kappa shape index (κ1) is 13.5. The van der Waals surface area contributed by atoms with Crippen LogP contribution in [0.5, 0.6) is 0 Å². The first-order valence-corrected chi connectivity index (χ1v) is 7.71. The maximum absolute atomic E-state index is 11.9. The fraction of sp³-hybridized carbons (Fsp3) is 0.286. The molecule has 0 fully saturated rings. The maximum Gasteiger partial charge on any atom is 0.356 e. The minimum absolute atomic E-state index is 0.0836. The molecule has 0 radical (unpaired) electrons. The number of carbonyl (C=O) groups excluding carboxylic acids is 1. The predicted octanol–water partition coefficient (Wildman–Crippen LogP) is 3.42. The highest BCUT2D eigenvalue weighted by Gasteiger charge is 2.26. The smallest absolute Gasteiger partial charge is 0.356 e. The third kappa shape index (κ3) is 2.19. The molecule has 2 aromatic rings. The second-order valence-corrected chi connectivity index (χ2v) is 6.05. The summed E-state index contributed by atoms with van der Waals surface area (Å²) in [6.07, 6.45) is 2.57. The summed E-state index contributed by atoms with van der Waals surface area (Å²) < 4.78 is 7.27. The van der Waals surface area contributed by atoms with Gasteiger partial charge in [-0.05, 0) is 30.3 Å². The van der Waals surface area contributed by atoms with Crippen LogP contribution < -0.4 is 0 Å². The number of hydrogen-bond acceptors (Lipinski definition) is 4. The van der Waals surface area contributed by atoms with Gasteiger partial charge in [0.1, 0.15) is 5.69 Å². The van der Waals surface area contributed by atoms with E-state index >= 15 is 0 Å². The maximum atomic E-state index is 11.9. The van der Waals surface area contributed by atoms with Gasteiger partial charge in [-0.1, -0.05) is 18.2 Å². The lowest BCUT2D eigenvalue weighted by Crippen LogP contribution is -2.20. The van der Waals surface area contributed by atoms with Crippen molar-refractivity contribution in [1.29, 1.82) is 0 Å². The Morgan fingerprint density at radius 3 is 3.10 bits per heavy atom. The number of benzene rings is 1. The zero-order valence-electron chi connectivity index (χ0n) is 11.0. The minimum atomic E-state index is -0.368. The van der Waals surface area contributed by atoms with E-state index in [9.17, 15) is 4.79 Å². The number of rotatable bonds is 2. The lowest BCUT2D eigenvalue weighted by Gasteiger charge is -2.27. The van der Waals surface area contributed by atoms with Crippen molar-refractivity contribution in [1.82, 2.24) is 9.55 Å². The van der Waals surface area contributed by atoms with Gasteiger partial charge >= 0.3 is 5.97 Å². The fourth-order valence-corrected chi connectivity index (χ4v) is 3.93. The van der Waals surface area contributed by atoms with E-state index in [1.165, 1.54) is 17.6 Å². The Morgan fingerprint density at radius 2 is 2.30 bits per heavy atom. The van der Waals surface area contributed by atoms with Crippen LogP contribution >= 0.6 is 24.0 Å². The number of fused-ring (bicyclic) bond motifs is 1. The monoisotopic (exact) mass is 306 g/mol. The third-order valence-corrected chi connectivity index (χ3v) is 4.88. The Kier molecular flexibility index (Phi) is 3.67. The van der Waals surface area contributed by atoms with Gasteiger partial charge in [0.2, 0.25) is 0 Å². The Morgan fingerprint density at radius 1 is 1.50 bits per heavy atom. The Labute approximate surface area is 126 Å². The van der Waals surface area contributed by atoms with Crippen molar-refractivity contribution < 1.29 is 9.53 Å². The van der Waals surface area contributed by atoms with Gasteiger partial charge in [0.15, 0.2) is 4.77 Å². The van der Waals surface area contributed by atoms with Gasteiger partial charge in [0, 0.05) is 16.8 Å². The molecule has 1 aliphatic rings. The van der Waals surface area contributed by atoms with Crippen LogP contribution in [0.3, 0.4) is 0 Å². The average Bonchev–Trinajstić information content (AvgIpc) is 2.87. The lowest BCUT2D eigenvalue weighted by atomic mass is 10.0. The number of esters is 1. The van der Waals surface area contributed by atoms with Crippen LogP contribution in [0.25, 0.3) is 0 Å². The number of carbonyl (C=O) groups is 1. The number of H-pyrrole nitrogens is 1. The number of aromatic nitrogens is 2. The van der Waals surface area contributed by atoms with Gasteiger partial charge in [-0.3, -0.25) is 0 Å². The summed E-state index contributed by atoms with van der Waals surface area (Å²) in [5.74, 6) is 0.642. The van der Waals surface area contributed by atoms with Crippen LogP contribution in [0, 0.1) is 4.77 Å². The van der Waals surface area contributed by atoms with E-state index in [0.717, 1.165) is 12.2 Å².